The van der Waals surface area contributed by atoms with Gasteiger partial charge in [0.2, 0.25) is 0 Å². The van der Waals surface area contributed by atoms with Crippen molar-refractivity contribution in [3.63, 3.8) is 0 Å². The van der Waals surface area contributed by atoms with Gasteiger partial charge in [0.25, 0.3) is 0 Å². The molecule has 0 saturated heterocycles. The Morgan fingerprint density at radius 3 is 3.08 bits per heavy atom. The molecule has 0 fully saturated rings. The molecule has 2 rings (SSSR count). The molecule has 1 aromatic carbocycles. The lowest BCUT2D eigenvalue weighted by molar-refractivity contribution is 0.112. The molecule has 0 aliphatic carbocycles. The van der Waals surface area contributed by atoms with Crippen LogP contribution in [-0.2, 0) is 7.05 Å². The van der Waals surface area contributed by atoms with Crippen LogP contribution in [0.25, 0.3) is 11.0 Å². The Kier molecular flexibility index (Phi) is 1.43. The SMILES string of the molecule is Cn1cnc2cc(C=O)ccc21. The Bertz CT molecular complexity index is 431. The molecular weight excluding hydrogens is 152 g/mol. The van der Waals surface area contributed by atoms with Crippen LogP contribution in [0.1, 0.15) is 10.4 Å². The summed E-state index contributed by atoms with van der Waals surface area (Å²) in [5.74, 6) is 0. The minimum absolute atomic E-state index is 0.668. The molecule has 3 nitrogen and oxygen atoms in total. The summed E-state index contributed by atoms with van der Waals surface area (Å²) < 4.78 is 1.92. The highest BCUT2D eigenvalue weighted by molar-refractivity contribution is 5.84. The summed E-state index contributed by atoms with van der Waals surface area (Å²) in [7, 11) is 1.93. The Morgan fingerprint density at radius 1 is 1.50 bits per heavy atom. The van der Waals surface area contributed by atoms with Crippen molar-refractivity contribution < 1.29 is 4.79 Å². The van der Waals surface area contributed by atoms with Crippen LogP contribution in [0, 0.1) is 0 Å². The molecule has 0 spiro atoms. The summed E-state index contributed by atoms with van der Waals surface area (Å²) in [6.07, 6.45) is 2.56. The molecule has 0 aliphatic heterocycles. The number of nitrogens with zero attached hydrogens (tertiary/aromatic N) is 2. The van der Waals surface area contributed by atoms with Gasteiger partial charge in [-0.05, 0) is 18.2 Å². The third-order valence-electron chi connectivity index (χ3n) is 1.89. The lowest BCUT2D eigenvalue weighted by Gasteiger charge is -1.93. The number of rotatable bonds is 1. The fourth-order valence-corrected chi connectivity index (χ4v) is 1.23. The van der Waals surface area contributed by atoms with E-state index in [2.05, 4.69) is 4.98 Å². The van der Waals surface area contributed by atoms with Gasteiger partial charge in [-0.15, -0.1) is 0 Å². The van der Waals surface area contributed by atoms with Crippen LogP contribution >= 0.6 is 0 Å². The fourth-order valence-electron chi connectivity index (χ4n) is 1.23. The smallest absolute Gasteiger partial charge is 0.150 e. The van der Waals surface area contributed by atoms with E-state index in [1.807, 2.05) is 17.7 Å². The van der Waals surface area contributed by atoms with Gasteiger partial charge >= 0.3 is 0 Å². The molecule has 0 saturated carbocycles. The number of fused-ring (bicyclic) bond motifs is 1. The first-order valence-electron chi connectivity index (χ1n) is 3.67. The van der Waals surface area contributed by atoms with Crippen LogP contribution in [-0.4, -0.2) is 15.8 Å². The van der Waals surface area contributed by atoms with Gasteiger partial charge < -0.3 is 4.57 Å². The first-order valence-corrected chi connectivity index (χ1v) is 3.67. The molecule has 0 radical (unpaired) electrons. The molecule has 0 N–H and O–H groups in total. The van der Waals surface area contributed by atoms with Crippen LogP contribution in [0.2, 0.25) is 0 Å². The van der Waals surface area contributed by atoms with Gasteiger partial charge in [0.15, 0.2) is 0 Å². The van der Waals surface area contributed by atoms with E-state index in [9.17, 15) is 4.79 Å². The monoisotopic (exact) mass is 160 g/mol. The van der Waals surface area contributed by atoms with Crippen molar-refractivity contribution >= 4 is 17.3 Å². The van der Waals surface area contributed by atoms with E-state index in [4.69, 9.17) is 0 Å². The number of benzene rings is 1. The standard InChI is InChI=1S/C9H8N2O/c1-11-6-10-8-4-7(5-12)2-3-9(8)11/h2-6H,1H3. The Balaban J connectivity index is 2.77. The van der Waals surface area contributed by atoms with Crippen LogP contribution in [0.4, 0.5) is 0 Å². The number of carbonyl (C=O) groups is 1. The second kappa shape index (κ2) is 2.44. The van der Waals surface area contributed by atoms with E-state index in [0.717, 1.165) is 17.3 Å². The van der Waals surface area contributed by atoms with Crippen LogP contribution in [0.15, 0.2) is 24.5 Å². The molecule has 0 atom stereocenters. The number of aromatic nitrogens is 2. The first kappa shape index (κ1) is 7.03. The molecule has 12 heavy (non-hydrogen) atoms. The molecule has 0 bridgehead atoms. The van der Waals surface area contributed by atoms with Gasteiger partial charge in [-0.25, -0.2) is 4.98 Å². The van der Waals surface area contributed by atoms with Crippen molar-refractivity contribution in [1.82, 2.24) is 9.55 Å². The van der Waals surface area contributed by atoms with Gasteiger partial charge in [-0.1, -0.05) is 0 Å². The highest BCUT2D eigenvalue weighted by Crippen LogP contribution is 2.12. The summed E-state index contributed by atoms with van der Waals surface area (Å²) in [6.45, 7) is 0. The zero-order chi connectivity index (χ0) is 8.55. The van der Waals surface area contributed by atoms with Crippen molar-refractivity contribution in [1.29, 1.82) is 0 Å². The van der Waals surface area contributed by atoms with Crippen molar-refractivity contribution in [2.45, 2.75) is 0 Å². The molecule has 0 aliphatic rings. The Hall–Kier alpha value is -1.64. The predicted molar refractivity (Wildman–Crippen MR) is 46.1 cm³/mol. The summed E-state index contributed by atoms with van der Waals surface area (Å²) in [5.41, 5.74) is 2.57. The zero-order valence-corrected chi connectivity index (χ0v) is 6.69. The average Bonchev–Trinajstić information content (AvgIpc) is 2.47. The molecule has 2 aromatic rings. The minimum atomic E-state index is 0.668. The van der Waals surface area contributed by atoms with Crippen molar-refractivity contribution in [3.8, 4) is 0 Å². The fraction of sp³-hybridized carbons (Fsp3) is 0.111. The number of imidazole rings is 1. The van der Waals surface area contributed by atoms with Gasteiger partial charge in [0.05, 0.1) is 17.4 Å². The summed E-state index contributed by atoms with van der Waals surface area (Å²) in [4.78, 5) is 14.6. The summed E-state index contributed by atoms with van der Waals surface area (Å²) >= 11 is 0. The molecule has 0 unspecified atom stereocenters. The molecular formula is C9H8N2O. The van der Waals surface area contributed by atoms with E-state index in [1.165, 1.54) is 0 Å². The second-order valence-corrected chi connectivity index (χ2v) is 2.72. The zero-order valence-electron chi connectivity index (χ0n) is 6.69. The largest absolute Gasteiger partial charge is 0.334 e. The number of carbonyl (C=O) groups excluding carboxylic acids is 1. The maximum atomic E-state index is 10.4. The quantitative estimate of drug-likeness (QED) is 0.591. The normalized spacial score (nSPS) is 10.4. The molecule has 0 amide bonds. The van der Waals surface area contributed by atoms with E-state index < -0.39 is 0 Å². The highest BCUT2D eigenvalue weighted by Gasteiger charge is 1.99. The minimum Gasteiger partial charge on any atom is -0.334 e. The van der Waals surface area contributed by atoms with Gasteiger partial charge in [0.1, 0.15) is 6.29 Å². The van der Waals surface area contributed by atoms with E-state index in [0.29, 0.717) is 5.56 Å². The van der Waals surface area contributed by atoms with Gasteiger partial charge in [-0.3, -0.25) is 4.79 Å². The maximum Gasteiger partial charge on any atom is 0.150 e. The highest BCUT2D eigenvalue weighted by atomic mass is 16.1. The lowest BCUT2D eigenvalue weighted by atomic mass is 10.2. The average molecular weight is 160 g/mol. The topological polar surface area (TPSA) is 34.9 Å². The van der Waals surface area contributed by atoms with Crippen molar-refractivity contribution in [2.75, 3.05) is 0 Å². The summed E-state index contributed by atoms with van der Waals surface area (Å²) in [6, 6.07) is 5.46. The van der Waals surface area contributed by atoms with E-state index in [1.54, 1.807) is 18.5 Å². The number of aldehydes is 1. The number of aryl methyl sites for hydroxylation is 1. The maximum absolute atomic E-state index is 10.4. The molecule has 1 heterocycles. The number of hydrogen-bond donors (Lipinski definition) is 0. The third kappa shape index (κ3) is 0.906. The van der Waals surface area contributed by atoms with Crippen LogP contribution in [0.3, 0.4) is 0 Å². The lowest BCUT2D eigenvalue weighted by Crippen LogP contribution is -1.84. The molecule has 1 aromatic heterocycles. The van der Waals surface area contributed by atoms with E-state index >= 15 is 0 Å². The molecule has 3 heteroatoms. The van der Waals surface area contributed by atoms with Crippen LogP contribution in [0.5, 0.6) is 0 Å². The summed E-state index contributed by atoms with van der Waals surface area (Å²) in [5, 5.41) is 0. The van der Waals surface area contributed by atoms with Crippen LogP contribution < -0.4 is 0 Å². The number of hydrogen-bond acceptors (Lipinski definition) is 2. The predicted octanol–water partition coefficient (Wildman–Crippen LogP) is 1.39. The Labute approximate surface area is 69.6 Å². The van der Waals surface area contributed by atoms with Crippen molar-refractivity contribution in [2.24, 2.45) is 7.05 Å². The third-order valence-corrected chi connectivity index (χ3v) is 1.89. The van der Waals surface area contributed by atoms with Gasteiger partial charge in [0, 0.05) is 12.6 Å². The molecule has 60 valence electrons. The first-order chi connectivity index (χ1) is 5.81. The van der Waals surface area contributed by atoms with E-state index in [-0.39, 0.29) is 0 Å². The Morgan fingerprint density at radius 2 is 2.33 bits per heavy atom. The van der Waals surface area contributed by atoms with Gasteiger partial charge in [-0.2, -0.15) is 0 Å². The second-order valence-electron chi connectivity index (χ2n) is 2.72. The van der Waals surface area contributed by atoms with Crippen molar-refractivity contribution in [3.05, 3.63) is 30.1 Å².